The van der Waals surface area contributed by atoms with E-state index in [0.29, 0.717) is 12.8 Å². The molecule has 0 aromatic heterocycles. The molecular formula is C15H28O3. The SMILES string of the molecule is CCCCCCCCCC(=O)C(C)CCC(=O)O. The summed E-state index contributed by atoms with van der Waals surface area (Å²) in [5.41, 5.74) is 0. The lowest BCUT2D eigenvalue weighted by Crippen LogP contribution is -2.12. The number of rotatable bonds is 12. The Morgan fingerprint density at radius 2 is 1.50 bits per heavy atom. The third kappa shape index (κ3) is 10.3. The van der Waals surface area contributed by atoms with Gasteiger partial charge in [-0.05, 0) is 12.8 Å². The van der Waals surface area contributed by atoms with Crippen molar-refractivity contribution in [3.63, 3.8) is 0 Å². The molecule has 0 aliphatic carbocycles. The van der Waals surface area contributed by atoms with E-state index < -0.39 is 5.97 Å². The molecule has 0 saturated carbocycles. The average Bonchev–Trinajstić information content (AvgIpc) is 2.34. The average molecular weight is 256 g/mol. The van der Waals surface area contributed by atoms with Crippen LogP contribution in [0.15, 0.2) is 0 Å². The molecule has 0 heterocycles. The maximum absolute atomic E-state index is 11.7. The first kappa shape index (κ1) is 17.1. The summed E-state index contributed by atoms with van der Waals surface area (Å²) in [4.78, 5) is 22.1. The number of ketones is 1. The number of carbonyl (C=O) groups is 2. The highest BCUT2D eigenvalue weighted by atomic mass is 16.4. The van der Waals surface area contributed by atoms with Crippen LogP contribution in [0.2, 0.25) is 0 Å². The van der Waals surface area contributed by atoms with E-state index in [0.717, 1.165) is 12.8 Å². The molecule has 0 fully saturated rings. The highest BCUT2D eigenvalue weighted by Crippen LogP contribution is 2.13. The zero-order chi connectivity index (χ0) is 13.8. The molecule has 0 bridgehead atoms. The van der Waals surface area contributed by atoms with Gasteiger partial charge in [-0.25, -0.2) is 0 Å². The van der Waals surface area contributed by atoms with E-state index in [9.17, 15) is 9.59 Å². The van der Waals surface area contributed by atoms with Crippen molar-refractivity contribution < 1.29 is 14.7 Å². The predicted molar refractivity (Wildman–Crippen MR) is 73.7 cm³/mol. The van der Waals surface area contributed by atoms with Crippen LogP contribution < -0.4 is 0 Å². The van der Waals surface area contributed by atoms with Crippen molar-refractivity contribution in [3.05, 3.63) is 0 Å². The van der Waals surface area contributed by atoms with Gasteiger partial charge in [0.05, 0.1) is 0 Å². The Balaban J connectivity index is 3.43. The van der Waals surface area contributed by atoms with Crippen molar-refractivity contribution in [1.29, 1.82) is 0 Å². The summed E-state index contributed by atoms with van der Waals surface area (Å²) in [5, 5.41) is 8.55. The van der Waals surface area contributed by atoms with Crippen LogP contribution in [0.4, 0.5) is 0 Å². The van der Waals surface area contributed by atoms with Gasteiger partial charge < -0.3 is 5.11 Å². The van der Waals surface area contributed by atoms with E-state index in [-0.39, 0.29) is 18.1 Å². The number of hydrogen-bond donors (Lipinski definition) is 1. The highest BCUT2D eigenvalue weighted by molar-refractivity contribution is 5.81. The Kier molecular flexibility index (Phi) is 10.7. The van der Waals surface area contributed by atoms with E-state index in [1.54, 1.807) is 0 Å². The number of unbranched alkanes of at least 4 members (excludes halogenated alkanes) is 6. The van der Waals surface area contributed by atoms with Gasteiger partial charge in [0.1, 0.15) is 5.78 Å². The fourth-order valence-corrected chi connectivity index (χ4v) is 2.00. The Morgan fingerprint density at radius 1 is 0.944 bits per heavy atom. The summed E-state index contributed by atoms with van der Waals surface area (Å²) in [6.45, 7) is 4.05. The highest BCUT2D eigenvalue weighted by Gasteiger charge is 2.13. The van der Waals surface area contributed by atoms with Crippen molar-refractivity contribution in [2.24, 2.45) is 5.92 Å². The maximum atomic E-state index is 11.7. The van der Waals surface area contributed by atoms with E-state index in [1.165, 1.54) is 32.1 Å². The van der Waals surface area contributed by atoms with Crippen LogP contribution in [0, 0.1) is 5.92 Å². The van der Waals surface area contributed by atoms with Crippen molar-refractivity contribution in [1.82, 2.24) is 0 Å². The summed E-state index contributed by atoms with van der Waals surface area (Å²) in [5.74, 6) is -0.684. The first-order valence-electron chi connectivity index (χ1n) is 7.32. The molecule has 0 spiro atoms. The van der Waals surface area contributed by atoms with Crippen LogP contribution in [-0.2, 0) is 9.59 Å². The van der Waals surface area contributed by atoms with Crippen LogP contribution in [-0.4, -0.2) is 16.9 Å². The number of carboxylic acid groups (broad SMARTS) is 1. The van der Waals surface area contributed by atoms with E-state index in [2.05, 4.69) is 6.92 Å². The second kappa shape index (κ2) is 11.2. The molecule has 3 heteroatoms. The molecule has 18 heavy (non-hydrogen) atoms. The topological polar surface area (TPSA) is 54.4 Å². The first-order chi connectivity index (χ1) is 8.57. The molecule has 106 valence electrons. The van der Waals surface area contributed by atoms with Crippen LogP contribution in [0.3, 0.4) is 0 Å². The number of carbonyl (C=O) groups excluding carboxylic acids is 1. The normalized spacial score (nSPS) is 12.3. The van der Waals surface area contributed by atoms with Crippen molar-refractivity contribution in [2.45, 2.75) is 78.1 Å². The van der Waals surface area contributed by atoms with Gasteiger partial charge >= 0.3 is 5.97 Å². The van der Waals surface area contributed by atoms with Gasteiger partial charge in [0.25, 0.3) is 0 Å². The standard InChI is InChI=1S/C15H28O3/c1-3-4-5-6-7-8-9-10-14(16)13(2)11-12-15(17)18/h13H,3-12H2,1-2H3,(H,17,18). The van der Waals surface area contributed by atoms with E-state index in [4.69, 9.17) is 5.11 Å². The molecule has 0 aromatic carbocycles. The molecule has 1 atom stereocenters. The van der Waals surface area contributed by atoms with Gasteiger partial charge in [0.15, 0.2) is 0 Å². The lowest BCUT2D eigenvalue weighted by atomic mass is 9.96. The third-order valence-corrected chi connectivity index (χ3v) is 3.37. The zero-order valence-electron chi connectivity index (χ0n) is 11.9. The minimum atomic E-state index is -0.814. The van der Waals surface area contributed by atoms with Gasteiger partial charge in [0.2, 0.25) is 0 Å². The monoisotopic (exact) mass is 256 g/mol. The van der Waals surface area contributed by atoms with E-state index >= 15 is 0 Å². The molecule has 0 radical (unpaired) electrons. The second-order valence-electron chi connectivity index (χ2n) is 5.17. The van der Waals surface area contributed by atoms with Gasteiger partial charge in [-0.2, -0.15) is 0 Å². The lowest BCUT2D eigenvalue weighted by molar-refractivity contribution is -0.137. The predicted octanol–water partition coefficient (Wildman–Crippen LogP) is 4.20. The fraction of sp³-hybridized carbons (Fsp3) is 0.867. The van der Waals surface area contributed by atoms with Crippen molar-refractivity contribution >= 4 is 11.8 Å². The number of hydrogen-bond acceptors (Lipinski definition) is 2. The van der Waals surface area contributed by atoms with Gasteiger partial charge in [0, 0.05) is 18.8 Å². The number of aliphatic carboxylic acids is 1. The Morgan fingerprint density at radius 3 is 2.06 bits per heavy atom. The maximum Gasteiger partial charge on any atom is 0.303 e. The van der Waals surface area contributed by atoms with Gasteiger partial charge in [-0.15, -0.1) is 0 Å². The lowest BCUT2D eigenvalue weighted by Gasteiger charge is -2.08. The molecule has 0 aromatic rings. The summed E-state index contributed by atoms with van der Waals surface area (Å²) in [7, 11) is 0. The molecular weight excluding hydrogens is 228 g/mol. The summed E-state index contributed by atoms with van der Waals surface area (Å²) >= 11 is 0. The summed E-state index contributed by atoms with van der Waals surface area (Å²) < 4.78 is 0. The second-order valence-corrected chi connectivity index (χ2v) is 5.17. The largest absolute Gasteiger partial charge is 0.481 e. The molecule has 0 aliphatic rings. The minimum Gasteiger partial charge on any atom is -0.481 e. The molecule has 3 nitrogen and oxygen atoms in total. The van der Waals surface area contributed by atoms with Crippen molar-refractivity contribution in [3.8, 4) is 0 Å². The fourth-order valence-electron chi connectivity index (χ4n) is 2.00. The Hall–Kier alpha value is -0.860. The number of Topliss-reactive ketones (excluding diaryl/α,β-unsaturated/α-hetero) is 1. The molecule has 1 unspecified atom stereocenters. The Labute approximate surface area is 111 Å². The molecule has 0 amide bonds. The van der Waals surface area contributed by atoms with Crippen LogP contribution in [0.5, 0.6) is 0 Å². The minimum absolute atomic E-state index is 0.0961. The molecule has 0 saturated heterocycles. The van der Waals surface area contributed by atoms with E-state index in [1.807, 2.05) is 6.92 Å². The number of carboxylic acids is 1. The van der Waals surface area contributed by atoms with Crippen LogP contribution in [0.1, 0.15) is 78.1 Å². The summed E-state index contributed by atoms with van der Waals surface area (Å²) in [6.07, 6.45) is 9.66. The smallest absolute Gasteiger partial charge is 0.303 e. The van der Waals surface area contributed by atoms with Crippen LogP contribution in [0.25, 0.3) is 0 Å². The molecule has 0 aliphatic heterocycles. The molecule has 1 N–H and O–H groups in total. The quantitative estimate of drug-likeness (QED) is 0.532. The molecule has 0 rings (SSSR count). The van der Waals surface area contributed by atoms with Gasteiger partial charge in [-0.1, -0.05) is 52.4 Å². The first-order valence-corrected chi connectivity index (χ1v) is 7.32. The Bertz CT molecular complexity index is 236. The third-order valence-electron chi connectivity index (χ3n) is 3.37. The van der Waals surface area contributed by atoms with Crippen molar-refractivity contribution in [2.75, 3.05) is 0 Å². The summed E-state index contributed by atoms with van der Waals surface area (Å²) in [6, 6.07) is 0. The zero-order valence-corrected chi connectivity index (χ0v) is 11.9. The van der Waals surface area contributed by atoms with Gasteiger partial charge in [-0.3, -0.25) is 9.59 Å². The van der Waals surface area contributed by atoms with Crippen LogP contribution >= 0.6 is 0 Å².